The normalized spacial score (nSPS) is 11.5. The van der Waals surface area contributed by atoms with E-state index in [1.54, 1.807) is 0 Å². The Bertz CT molecular complexity index is 367. The summed E-state index contributed by atoms with van der Waals surface area (Å²) in [5, 5.41) is 2.72. The highest BCUT2D eigenvalue weighted by molar-refractivity contribution is 5.76. The summed E-state index contributed by atoms with van der Waals surface area (Å²) >= 11 is 0. The van der Waals surface area contributed by atoms with Crippen LogP contribution in [0.25, 0.3) is 0 Å². The van der Waals surface area contributed by atoms with Gasteiger partial charge in [-0.15, -0.1) is 12.3 Å². The van der Waals surface area contributed by atoms with E-state index in [9.17, 15) is 4.79 Å². The highest BCUT2D eigenvalue weighted by Gasteiger charge is 2.10. The summed E-state index contributed by atoms with van der Waals surface area (Å²) in [5.41, 5.74) is 6.87. The van der Waals surface area contributed by atoms with Crippen molar-refractivity contribution in [3.05, 3.63) is 35.9 Å². The number of amides is 1. The van der Waals surface area contributed by atoms with Crippen molar-refractivity contribution in [3.63, 3.8) is 0 Å². The minimum absolute atomic E-state index is 0.0633. The van der Waals surface area contributed by atoms with Crippen molar-refractivity contribution < 1.29 is 4.79 Å². The molecule has 0 bridgehead atoms. The van der Waals surface area contributed by atoms with Gasteiger partial charge in [-0.3, -0.25) is 4.79 Å². The maximum Gasteiger partial charge on any atom is 0.221 e. The van der Waals surface area contributed by atoms with Crippen molar-refractivity contribution in [2.75, 3.05) is 6.54 Å². The van der Waals surface area contributed by atoms with Crippen LogP contribution < -0.4 is 11.1 Å². The van der Waals surface area contributed by atoms with E-state index < -0.39 is 0 Å². The Labute approximate surface area is 96.0 Å². The monoisotopic (exact) mass is 216 g/mol. The van der Waals surface area contributed by atoms with Crippen molar-refractivity contribution >= 4 is 5.91 Å². The van der Waals surface area contributed by atoms with E-state index >= 15 is 0 Å². The van der Waals surface area contributed by atoms with Gasteiger partial charge in [-0.1, -0.05) is 30.3 Å². The van der Waals surface area contributed by atoms with Gasteiger partial charge in [-0.05, 0) is 5.56 Å². The van der Waals surface area contributed by atoms with E-state index in [0.717, 1.165) is 5.56 Å². The van der Waals surface area contributed by atoms with E-state index in [-0.39, 0.29) is 18.4 Å². The lowest BCUT2D eigenvalue weighted by molar-refractivity contribution is -0.121. The third kappa shape index (κ3) is 4.16. The fourth-order valence-electron chi connectivity index (χ4n) is 1.36. The number of hydrogen-bond donors (Lipinski definition) is 2. The van der Waals surface area contributed by atoms with E-state index in [1.165, 1.54) is 0 Å². The summed E-state index contributed by atoms with van der Waals surface area (Å²) in [6, 6.07) is 9.31. The molecule has 1 rings (SSSR count). The zero-order valence-electron chi connectivity index (χ0n) is 9.15. The average molecular weight is 216 g/mol. The minimum Gasteiger partial charge on any atom is -0.355 e. The van der Waals surface area contributed by atoms with E-state index in [2.05, 4.69) is 11.2 Å². The Kier molecular flexibility index (Phi) is 5.10. The molecule has 0 saturated heterocycles. The zero-order chi connectivity index (χ0) is 11.8. The number of carbonyl (C=O) groups excluding carboxylic acids is 1. The van der Waals surface area contributed by atoms with Gasteiger partial charge in [-0.2, -0.15) is 0 Å². The molecule has 1 aromatic carbocycles. The van der Waals surface area contributed by atoms with Crippen LogP contribution in [0.1, 0.15) is 24.4 Å². The molecule has 0 aliphatic carbocycles. The molecule has 84 valence electrons. The number of benzene rings is 1. The van der Waals surface area contributed by atoms with Crippen LogP contribution in [0, 0.1) is 12.3 Å². The van der Waals surface area contributed by atoms with Gasteiger partial charge in [0.15, 0.2) is 0 Å². The van der Waals surface area contributed by atoms with Gasteiger partial charge in [-0.25, -0.2) is 0 Å². The first-order chi connectivity index (χ1) is 7.74. The minimum atomic E-state index is -0.257. The summed E-state index contributed by atoms with van der Waals surface area (Å²) < 4.78 is 0. The molecular weight excluding hydrogens is 200 g/mol. The van der Waals surface area contributed by atoms with Gasteiger partial charge in [0, 0.05) is 25.4 Å². The van der Waals surface area contributed by atoms with Crippen LogP contribution in [0.3, 0.4) is 0 Å². The Morgan fingerprint density at radius 3 is 2.75 bits per heavy atom. The molecule has 0 aliphatic heterocycles. The molecule has 1 atom stereocenters. The lowest BCUT2D eigenvalue weighted by Crippen LogP contribution is -2.28. The van der Waals surface area contributed by atoms with Crippen LogP contribution in [0.15, 0.2) is 30.3 Å². The topological polar surface area (TPSA) is 55.1 Å². The number of carbonyl (C=O) groups is 1. The third-order valence-electron chi connectivity index (χ3n) is 2.22. The predicted octanol–water partition coefficient (Wildman–Crippen LogP) is 1.22. The van der Waals surface area contributed by atoms with Crippen molar-refractivity contribution in [3.8, 4) is 12.3 Å². The molecule has 1 unspecified atom stereocenters. The molecule has 3 nitrogen and oxygen atoms in total. The first-order valence-corrected chi connectivity index (χ1v) is 5.24. The highest BCUT2D eigenvalue weighted by Crippen LogP contribution is 2.12. The molecule has 3 heteroatoms. The van der Waals surface area contributed by atoms with E-state index in [4.69, 9.17) is 12.2 Å². The second-order valence-electron chi connectivity index (χ2n) is 3.53. The second-order valence-corrected chi connectivity index (χ2v) is 3.53. The van der Waals surface area contributed by atoms with Crippen LogP contribution >= 0.6 is 0 Å². The molecule has 0 aromatic heterocycles. The van der Waals surface area contributed by atoms with Gasteiger partial charge < -0.3 is 11.1 Å². The maximum absolute atomic E-state index is 11.4. The number of nitrogens with one attached hydrogen (secondary N) is 1. The summed E-state index contributed by atoms with van der Waals surface area (Å²) in [7, 11) is 0. The van der Waals surface area contributed by atoms with Crippen molar-refractivity contribution in [1.82, 2.24) is 5.32 Å². The maximum atomic E-state index is 11.4. The molecule has 0 aliphatic rings. The number of rotatable bonds is 5. The second kappa shape index (κ2) is 6.65. The average Bonchev–Trinajstić information content (AvgIpc) is 2.30. The number of nitrogens with two attached hydrogens (primary N) is 1. The Balaban J connectivity index is 2.37. The van der Waals surface area contributed by atoms with Gasteiger partial charge in [0.2, 0.25) is 5.91 Å². The molecule has 0 spiro atoms. The van der Waals surface area contributed by atoms with Gasteiger partial charge >= 0.3 is 0 Å². The fourth-order valence-corrected chi connectivity index (χ4v) is 1.36. The van der Waals surface area contributed by atoms with Crippen LogP contribution in [0.2, 0.25) is 0 Å². The first kappa shape index (κ1) is 12.3. The van der Waals surface area contributed by atoms with Gasteiger partial charge in [0.1, 0.15) is 0 Å². The van der Waals surface area contributed by atoms with Crippen LogP contribution in [-0.4, -0.2) is 12.5 Å². The highest BCUT2D eigenvalue weighted by atomic mass is 16.1. The quantitative estimate of drug-likeness (QED) is 0.574. The van der Waals surface area contributed by atoms with Crippen LogP contribution in [0.5, 0.6) is 0 Å². The number of hydrogen-bond acceptors (Lipinski definition) is 2. The van der Waals surface area contributed by atoms with Crippen LogP contribution in [0.4, 0.5) is 0 Å². The first-order valence-electron chi connectivity index (χ1n) is 5.24. The molecular formula is C13H16N2O. The molecule has 16 heavy (non-hydrogen) atoms. The Hall–Kier alpha value is -1.79. The summed E-state index contributed by atoms with van der Waals surface area (Å²) in [6.07, 6.45) is 5.92. The summed E-state index contributed by atoms with van der Waals surface area (Å²) in [4.78, 5) is 11.4. The molecule has 1 aromatic rings. The van der Waals surface area contributed by atoms with E-state index in [1.807, 2.05) is 30.3 Å². The summed E-state index contributed by atoms with van der Waals surface area (Å²) in [5.74, 6) is 2.40. The van der Waals surface area contributed by atoms with Crippen LogP contribution in [-0.2, 0) is 4.79 Å². The molecule has 1 amide bonds. The molecule has 0 saturated carbocycles. The zero-order valence-corrected chi connectivity index (χ0v) is 9.15. The Morgan fingerprint density at radius 2 is 2.12 bits per heavy atom. The lowest BCUT2D eigenvalue weighted by Gasteiger charge is -2.11. The largest absolute Gasteiger partial charge is 0.355 e. The van der Waals surface area contributed by atoms with Crippen molar-refractivity contribution in [1.29, 1.82) is 0 Å². The smallest absolute Gasteiger partial charge is 0.221 e. The van der Waals surface area contributed by atoms with E-state index in [0.29, 0.717) is 13.0 Å². The third-order valence-corrected chi connectivity index (χ3v) is 2.22. The molecule has 0 heterocycles. The molecule has 0 fully saturated rings. The van der Waals surface area contributed by atoms with Gasteiger partial charge in [0.25, 0.3) is 0 Å². The SMILES string of the molecule is C#CCCNC(=O)CC(N)c1ccccc1. The van der Waals surface area contributed by atoms with Crippen molar-refractivity contribution in [2.24, 2.45) is 5.73 Å². The number of terminal acetylenes is 1. The summed E-state index contributed by atoms with van der Waals surface area (Å²) in [6.45, 7) is 0.511. The fraction of sp³-hybridized carbons (Fsp3) is 0.308. The standard InChI is InChI=1S/C13H16N2O/c1-2-3-9-15-13(16)10-12(14)11-7-5-4-6-8-11/h1,4-8,12H,3,9-10,14H2,(H,15,16). The predicted molar refractivity (Wildman–Crippen MR) is 64.4 cm³/mol. The molecule has 0 radical (unpaired) electrons. The van der Waals surface area contributed by atoms with Gasteiger partial charge in [0.05, 0.1) is 0 Å². The van der Waals surface area contributed by atoms with Crippen molar-refractivity contribution in [2.45, 2.75) is 18.9 Å². The molecule has 3 N–H and O–H groups in total. The lowest BCUT2D eigenvalue weighted by atomic mass is 10.0. The Morgan fingerprint density at radius 1 is 1.44 bits per heavy atom.